The van der Waals surface area contributed by atoms with E-state index < -0.39 is 0 Å². The maximum absolute atomic E-state index is 10.9. The second-order valence-electron chi connectivity index (χ2n) is 4.99. The Balaban J connectivity index is 2.10. The van der Waals surface area contributed by atoms with E-state index in [-0.39, 0.29) is 10.6 Å². The summed E-state index contributed by atoms with van der Waals surface area (Å²) in [6.07, 6.45) is 0. The highest BCUT2D eigenvalue weighted by Gasteiger charge is 2.23. The van der Waals surface area contributed by atoms with Crippen LogP contribution in [0.2, 0.25) is 0 Å². The number of benzene rings is 1. The fourth-order valence-corrected chi connectivity index (χ4v) is 4.25. The molecule has 1 saturated heterocycles. The third-order valence-corrected chi connectivity index (χ3v) is 5.01. The van der Waals surface area contributed by atoms with Crippen molar-refractivity contribution in [2.24, 2.45) is 0 Å². The zero-order chi connectivity index (χ0) is 14.0. The predicted octanol–water partition coefficient (Wildman–Crippen LogP) is 3.68. The standard InChI is InChI=1S/C13H17BrN2O2S/c1-9-6-15(7-10(2)19-9)8-11-3-4-12(14)13(5-11)16(17)18/h3-5,9-10H,6-8H2,1-2H3. The Morgan fingerprint density at radius 3 is 2.63 bits per heavy atom. The second-order valence-corrected chi connectivity index (χ2v) is 7.73. The lowest BCUT2D eigenvalue weighted by Gasteiger charge is -2.34. The van der Waals surface area contributed by atoms with Gasteiger partial charge in [0.2, 0.25) is 0 Å². The van der Waals surface area contributed by atoms with Gasteiger partial charge in [-0.3, -0.25) is 15.0 Å². The molecule has 1 aliphatic rings. The number of nitro groups is 1. The molecule has 2 rings (SSSR count). The minimum absolute atomic E-state index is 0.144. The Morgan fingerprint density at radius 2 is 2.05 bits per heavy atom. The topological polar surface area (TPSA) is 46.4 Å². The van der Waals surface area contributed by atoms with Crippen LogP contribution in [0, 0.1) is 10.1 Å². The quantitative estimate of drug-likeness (QED) is 0.619. The van der Waals surface area contributed by atoms with Crippen LogP contribution in [0.15, 0.2) is 22.7 Å². The van der Waals surface area contributed by atoms with Crippen molar-refractivity contribution in [3.8, 4) is 0 Å². The van der Waals surface area contributed by atoms with Crippen molar-refractivity contribution in [2.45, 2.75) is 30.9 Å². The van der Waals surface area contributed by atoms with Gasteiger partial charge in [0.25, 0.3) is 5.69 Å². The van der Waals surface area contributed by atoms with Crippen LogP contribution in [0.1, 0.15) is 19.4 Å². The summed E-state index contributed by atoms with van der Waals surface area (Å²) in [6, 6.07) is 5.38. The molecule has 1 fully saturated rings. The number of nitro benzene ring substituents is 1. The fourth-order valence-electron chi connectivity index (χ4n) is 2.47. The predicted molar refractivity (Wildman–Crippen MR) is 82.6 cm³/mol. The van der Waals surface area contributed by atoms with Gasteiger partial charge in [-0.2, -0.15) is 11.8 Å². The molecule has 1 aromatic carbocycles. The van der Waals surface area contributed by atoms with Crippen LogP contribution < -0.4 is 0 Å². The van der Waals surface area contributed by atoms with Gasteiger partial charge in [0.1, 0.15) is 0 Å². The molecule has 0 aromatic heterocycles. The summed E-state index contributed by atoms with van der Waals surface area (Å²) in [6.45, 7) is 7.33. The Hall–Kier alpha value is -0.590. The summed E-state index contributed by atoms with van der Waals surface area (Å²) in [5, 5.41) is 12.2. The highest BCUT2D eigenvalue weighted by Crippen LogP contribution is 2.28. The molecule has 1 aromatic rings. The molecule has 0 bridgehead atoms. The highest BCUT2D eigenvalue weighted by molar-refractivity contribution is 9.10. The van der Waals surface area contributed by atoms with E-state index in [2.05, 4.69) is 34.7 Å². The van der Waals surface area contributed by atoms with Gasteiger partial charge in [-0.25, -0.2) is 0 Å². The van der Waals surface area contributed by atoms with Crippen molar-refractivity contribution < 1.29 is 4.92 Å². The van der Waals surface area contributed by atoms with Gasteiger partial charge in [-0.05, 0) is 27.6 Å². The molecule has 2 unspecified atom stereocenters. The normalized spacial score (nSPS) is 24.4. The smallest absolute Gasteiger partial charge is 0.283 e. The van der Waals surface area contributed by atoms with Crippen molar-refractivity contribution in [2.75, 3.05) is 13.1 Å². The number of hydrogen-bond donors (Lipinski definition) is 0. The van der Waals surface area contributed by atoms with Gasteiger partial charge >= 0.3 is 0 Å². The number of hydrogen-bond acceptors (Lipinski definition) is 4. The van der Waals surface area contributed by atoms with Crippen molar-refractivity contribution >= 4 is 33.4 Å². The van der Waals surface area contributed by atoms with Crippen molar-refractivity contribution in [1.82, 2.24) is 4.90 Å². The van der Waals surface area contributed by atoms with Gasteiger partial charge in [0.15, 0.2) is 0 Å². The summed E-state index contributed by atoms with van der Waals surface area (Å²) in [5.41, 5.74) is 1.14. The zero-order valence-electron chi connectivity index (χ0n) is 11.0. The van der Waals surface area contributed by atoms with Crippen LogP contribution in [-0.4, -0.2) is 33.4 Å². The van der Waals surface area contributed by atoms with Crippen molar-refractivity contribution in [3.63, 3.8) is 0 Å². The molecule has 0 N–H and O–H groups in total. The van der Waals surface area contributed by atoms with E-state index in [9.17, 15) is 10.1 Å². The molecular formula is C13H17BrN2O2S. The maximum Gasteiger partial charge on any atom is 0.283 e. The average molecular weight is 345 g/mol. The summed E-state index contributed by atoms with van der Waals surface area (Å²) in [5.74, 6) is 0. The average Bonchev–Trinajstić information content (AvgIpc) is 2.30. The molecule has 0 saturated carbocycles. The Kier molecular flexibility index (Phi) is 4.86. The van der Waals surface area contributed by atoms with Gasteiger partial charge in [-0.1, -0.05) is 19.9 Å². The first-order valence-corrected chi connectivity index (χ1v) is 8.00. The second kappa shape index (κ2) is 6.24. The van der Waals surface area contributed by atoms with Gasteiger partial charge in [-0.15, -0.1) is 0 Å². The minimum Gasteiger partial charge on any atom is -0.297 e. The molecule has 0 spiro atoms. The molecule has 19 heavy (non-hydrogen) atoms. The first-order valence-electron chi connectivity index (χ1n) is 6.26. The van der Waals surface area contributed by atoms with Crippen LogP contribution in [0.25, 0.3) is 0 Å². The summed E-state index contributed by atoms with van der Waals surface area (Å²) in [4.78, 5) is 13.0. The maximum atomic E-state index is 10.9. The van der Waals surface area contributed by atoms with Crippen LogP contribution in [-0.2, 0) is 6.54 Å². The molecule has 0 aliphatic carbocycles. The van der Waals surface area contributed by atoms with Gasteiger partial charge < -0.3 is 0 Å². The van der Waals surface area contributed by atoms with Crippen LogP contribution in [0.4, 0.5) is 5.69 Å². The third kappa shape index (κ3) is 3.94. The fraction of sp³-hybridized carbons (Fsp3) is 0.538. The molecule has 0 amide bonds. The van der Waals surface area contributed by atoms with Crippen molar-refractivity contribution in [1.29, 1.82) is 0 Å². The first kappa shape index (κ1) is 14.8. The lowest BCUT2D eigenvalue weighted by Crippen LogP contribution is -2.39. The lowest BCUT2D eigenvalue weighted by molar-refractivity contribution is -0.385. The number of nitrogens with zero attached hydrogens (tertiary/aromatic N) is 2. The summed E-state index contributed by atoms with van der Waals surface area (Å²) < 4.78 is 0.539. The molecule has 1 heterocycles. The zero-order valence-corrected chi connectivity index (χ0v) is 13.4. The van der Waals surface area contributed by atoms with E-state index in [0.717, 1.165) is 25.2 Å². The van der Waals surface area contributed by atoms with Crippen molar-refractivity contribution in [3.05, 3.63) is 38.3 Å². The van der Waals surface area contributed by atoms with E-state index in [0.29, 0.717) is 15.0 Å². The van der Waals surface area contributed by atoms with Gasteiger partial charge in [0.05, 0.1) is 9.40 Å². The third-order valence-electron chi connectivity index (χ3n) is 3.11. The van der Waals surface area contributed by atoms with E-state index in [1.807, 2.05) is 17.8 Å². The minimum atomic E-state index is -0.342. The van der Waals surface area contributed by atoms with Gasteiger partial charge in [0, 0.05) is 36.2 Å². The molecule has 104 valence electrons. The van der Waals surface area contributed by atoms with E-state index in [1.165, 1.54) is 0 Å². The monoisotopic (exact) mass is 344 g/mol. The SMILES string of the molecule is CC1CN(Cc2ccc(Br)c([N+](=O)[O-])c2)CC(C)S1. The highest BCUT2D eigenvalue weighted by atomic mass is 79.9. The molecule has 0 radical (unpaired) electrons. The Morgan fingerprint density at radius 1 is 1.42 bits per heavy atom. The first-order chi connectivity index (χ1) is 8.95. The summed E-state index contributed by atoms with van der Waals surface area (Å²) >= 11 is 5.23. The Bertz CT molecular complexity index is 474. The number of rotatable bonds is 3. The summed E-state index contributed by atoms with van der Waals surface area (Å²) in [7, 11) is 0. The van der Waals surface area contributed by atoms with Crippen LogP contribution in [0.5, 0.6) is 0 Å². The van der Waals surface area contributed by atoms with E-state index in [4.69, 9.17) is 0 Å². The molecule has 1 aliphatic heterocycles. The molecular weight excluding hydrogens is 328 g/mol. The van der Waals surface area contributed by atoms with E-state index >= 15 is 0 Å². The molecule has 4 nitrogen and oxygen atoms in total. The molecule has 2 atom stereocenters. The molecule has 6 heteroatoms. The van der Waals surface area contributed by atoms with E-state index in [1.54, 1.807) is 12.1 Å². The number of thioether (sulfide) groups is 1. The number of halogens is 1. The van der Waals surface area contributed by atoms with Crippen LogP contribution in [0.3, 0.4) is 0 Å². The Labute approximate surface area is 125 Å². The lowest BCUT2D eigenvalue weighted by atomic mass is 10.1. The largest absolute Gasteiger partial charge is 0.297 e. The van der Waals surface area contributed by atoms with Crippen LogP contribution >= 0.6 is 27.7 Å².